The van der Waals surface area contributed by atoms with Crippen molar-refractivity contribution < 1.29 is 16.8 Å². The zero-order chi connectivity index (χ0) is 28.7. The lowest BCUT2D eigenvalue weighted by Gasteiger charge is -2.07. The fourth-order valence-electron chi connectivity index (χ4n) is 3.88. The Hall–Kier alpha value is -3.94. The van der Waals surface area contributed by atoms with Crippen LogP contribution in [0.4, 0.5) is 0 Å². The number of rotatable bonds is 4. The van der Waals surface area contributed by atoms with E-state index in [1.165, 1.54) is 22.6 Å². The second-order valence-corrected chi connectivity index (χ2v) is 13.4. The summed E-state index contributed by atoms with van der Waals surface area (Å²) in [6.45, 7) is 5.64. The molecule has 0 saturated heterocycles. The van der Waals surface area contributed by atoms with Crippen LogP contribution >= 0.6 is 15.9 Å². The zero-order valence-electron chi connectivity index (χ0n) is 21.6. The molecule has 0 unspecified atom stereocenters. The van der Waals surface area contributed by atoms with Gasteiger partial charge in [-0.25, -0.2) is 44.7 Å². The summed E-state index contributed by atoms with van der Waals surface area (Å²) in [5.41, 5.74) is 4.52. The van der Waals surface area contributed by atoms with Crippen LogP contribution in [0.3, 0.4) is 0 Å². The summed E-state index contributed by atoms with van der Waals surface area (Å²) in [6.07, 6.45) is 5.98. The van der Waals surface area contributed by atoms with Gasteiger partial charge in [0.25, 0.3) is 20.0 Å². The van der Waals surface area contributed by atoms with Gasteiger partial charge in [0.15, 0.2) is 11.3 Å². The van der Waals surface area contributed by atoms with Crippen LogP contribution in [-0.4, -0.2) is 44.7 Å². The smallest absolute Gasteiger partial charge is 0.248 e. The molecule has 0 amide bonds. The highest BCUT2D eigenvalue weighted by Crippen LogP contribution is 2.22. The van der Waals surface area contributed by atoms with Crippen molar-refractivity contribution in [1.29, 1.82) is 0 Å². The predicted molar refractivity (Wildman–Crippen MR) is 155 cm³/mol. The third kappa shape index (κ3) is 5.27. The fraction of sp³-hybridized carbons (Fsp3) is 0.111. The molecule has 0 atom stereocenters. The number of nitrogens with zero attached hydrogens (tertiary/aromatic N) is 6. The van der Waals surface area contributed by atoms with Gasteiger partial charge in [0.2, 0.25) is 0 Å². The van der Waals surface area contributed by atoms with Crippen LogP contribution in [0.1, 0.15) is 16.8 Å². The predicted octanol–water partition coefficient (Wildman–Crippen LogP) is 5.02. The van der Waals surface area contributed by atoms with E-state index in [-0.39, 0.29) is 9.79 Å². The zero-order valence-corrected chi connectivity index (χ0v) is 24.8. The minimum absolute atomic E-state index is 0.227. The first-order valence-corrected chi connectivity index (χ1v) is 15.6. The lowest BCUT2D eigenvalue weighted by atomic mass is 10.2. The van der Waals surface area contributed by atoms with Gasteiger partial charge in [-0.3, -0.25) is 0 Å². The lowest BCUT2D eigenvalue weighted by molar-refractivity contribution is 0.587. The maximum Gasteiger partial charge on any atom is 0.269 e. The Balaban J connectivity index is 0.000000161. The number of hydrogen-bond donors (Lipinski definition) is 0. The third-order valence-electron chi connectivity index (χ3n) is 5.96. The highest BCUT2D eigenvalue weighted by molar-refractivity contribution is 9.10. The summed E-state index contributed by atoms with van der Waals surface area (Å²) in [5.74, 6) is 0. The van der Waals surface area contributed by atoms with Crippen molar-refractivity contribution in [2.45, 2.75) is 30.6 Å². The number of halogens is 1. The minimum atomic E-state index is -3.65. The van der Waals surface area contributed by atoms with Crippen molar-refractivity contribution in [3.8, 4) is 0 Å². The lowest BCUT2D eigenvalue weighted by Crippen LogP contribution is -2.12. The Bertz CT molecular complexity index is 1920. The molecule has 0 fully saturated rings. The molecule has 13 heteroatoms. The number of aryl methyl sites for hydroxylation is 3. The van der Waals surface area contributed by atoms with E-state index < -0.39 is 20.0 Å². The number of fused-ring (bicyclic) bond motifs is 2. The first-order valence-electron chi connectivity index (χ1n) is 11.9. The number of aromatic nitrogens is 6. The molecule has 6 rings (SSSR count). The standard InChI is InChI=1S/C14H13N3O2S.C13H10BrN3O2S/c1-10-3-5-12(6-4-10)20(18,19)17-8-7-13-14(17)15-9-11(2)16-13;1-9-2-4-10(5-3-9)20(18,19)17-7-6-11-13(17)15-8-12(14)16-11/h3-9H,1-2H3;2-8H,1H3. The van der Waals surface area contributed by atoms with Crippen LogP contribution < -0.4 is 0 Å². The Morgan fingerprint density at radius 2 is 1.02 bits per heavy atom. The molecule has 0 aliphatic rings. The van der Waals surface area contributed by atoms with Crippen LogP contribution in [-0.2, 0) is 20.0 Å². The van der Waals surface area contributed by atoms with Crippen molar-refractivity contribution in [3.05, 3.63) is 107 Å². The van der Waals surface area contributed by atoms with Crippen LogP contribution in [0.25, 0.3) is 22.3 Å². The van der Waals surface area contributed by atoms with E-state index in [1.807, 2.05) is 20.8 Å². The molecule has 0 bridgehead atoms. The quantitative estimate of drug-likeness (QED) is 0.263. The maximum absolute atomic E-state index is 12.6. The van der Waals surface area contributed by atoms with E-state index in [1.54, 1.807) is 66.9 Å². The van der Waals surface area contributed by atoms with Crippen molar-refractivity contribution in [2.75, 3.05) is 0 Å². The molecule has 0 saturated carbocycles. The van der Waals surface area contributed by atoms with E-state index >= 15 is 0 Å². The van der Waals surface area contributed by atoms with Crippen molar-refractivity contribution in [2.24, 2.45) is 0 Å². The Morgan fingerprint density at radius 1 is 0.600 bits per heavy atom. The van der Waals surface area contributed by atoms with E-state index in [9.17, 15) is 16.8 Å². The first kappa shape index (κ1) is 27.6. The summed E-state index contributed by atoms with van der Waals surface area (Å²) in [7, 11) is -7.29. The van der Waals surface area contributed by atoms with Gasteiger partial charge >= 0.3 is 0 Å². The molecule has 4 aromatic heterocycles. The van der Waals surface area contributed by atoms with Gasteiger partial charge < -0.3 is 0 Å². The highest BCUT2D eigenvalue weighted by Gasteiger charge is 2.21. The Kier molecular flexibility index (Phi) is 7.29. The Morgan fingerprint density at radius 3 is 1.50 bits per heavy atom. The molecule has 40 heavy (non-hydrogen) atoms. The largest absolute Gasteiger partial charge is 0.269 e. The van der Waals surface area contributed by atoms with E-state index in [0.717, 1.165) is 20.8 Å². The van der Waals surface area contributed by atoms with Crippen LogP contribution in [0, 0.1) is 20.8 Å². The SMILES string of the molecule is Cc1ccc(S(=O)(=O)n2ccc3nc(Br)cnc32)cc1.Cc1ccc(S(=O)(=O)n2ccc3nc(C)cnc32)cc1. The molecule has 2 aromatic carbocycles. The average Bonchev–Trinajstić information content (AvgIpc) is 3.54. The molecule has 0 N–H and O–H groups in total. The second-order valence-electron chi connectivity index (χ2n) is 8.98. The molecule has 6 aromatic rings. The van der Waals surface area contributed by atoms with E-state index in [4.69, 9.17) is 0 Å². The summed E-state index contributed by atoms with van der Waals surface area (Å²) in [6, 6.07) is 16.7. The highest BCUT2D eigenvalue weighted by atomic mass is 79.9. The Labute approximate surface area is 239 Å². The van der Waals surface area contributed by atoms with Gasteiger partial charge in [0.05, 0.1) is 27.9 Å². The summed E-state index contributed by atoms with van der Waals surface area (Å²) >= 11 is 3.21. The summed E-state index contributed by atoms with van der Waals surface area (Å²) in [5, 5.41) is 0. The fourth-order valence-corrected chi connectivity index (χ4v) is 6.77. The van der Waals surface area contributed by atoms with Crippen molar-refractivity contribution >= 4 is 58.3 Å². The molecule has 0 radical (unpaired) electrons. The van der Waals surface area contributed by atoms with Crippen molar-refractivity contribution in [3.63, 3.8) is 0 Å². The van der Waals surface area contributed by atoms with Crippen LogP contribution in [0.2, 0.25) is 0 Å². The maximum atomic E-state index is 12.6. The number of hydrogen-bond acceptors (Lipinski definition) is 8. The van der Waals surface area contributed by atoms with Crippen molar-refractivity contribution in [1.82, 2.24) is 27.9 Å². The summed E-state index contributed by atoms with van der Waals surface area (Å²) < 4.78 is 53.3. The molecule has 4 heterocycles. The molecular weight excluding hydrogens is 616 g/mol. The summed E-state index contributed by atoms with van der Waals surface area (Å²) in [4.78, 5) is 17.2. The molecular formula is C27H23BrN6O4S2. The van der Waals surface area contributed by atoms with Gasteiger partial charge in [-0.15, -0.1) is 0 Å². The normalized spacial score (nSPS) is 11.9. The second kappa shape index (κ2) is 10.6. The molecule has 204 valence electrons. The number of benzene rings is 2. The molecule has 10 nitrogen and oxygen atoms in total. The molecule has 0 aliphatic carbocycles. The average molecular weight is 640 g/mol. The van der Waals surface area contributed by atoms with Gasteiger partial charge in [-0.05, 0) is 73.1 Å². The van der Waals surface area contributed by atoms with Gasteiger partial charge in [-0.2, -0.15) is 0 Å². The van der Waals surface area contributed by atoms with E-state index in [0.29, 0.717) is 26.9 Å². The van der Waals surface area contributed by atoms with Crippen LogP contribution in [0.5, 0.6) is 0 Å². The topological polar surface area (TPSA) is 130 Å². The minimum Gasteiger partial charge on any atom is -0.248 e. The van der Waals surface area contributed by atoms with Crippen LogP contribution in [0.15, 0.2) is 99.8 Å². The molecule has 0 spiro atoms. The van der Waals surface area contributed by atoms with Gasteiger partial charge in [-0.1, -0.05) is 35.4 Å². The molecule has 0 aliphatic heterocycles. The van der Waals surface area contributed by atoms with Gasteiger partial charge in [0, 0.05) is 12.4 Å². The van der Waals surface area contributed by atoms with E-state index in [2.05, 4.69) is 35.9 Å². The monoisotopic (exact) mass is 638 g/mol. The first-order chi connectivity index (χ1) is 19.0. The van der Waals surface area contributed by atoms with Gasteiger partial charge in [0.1, 0.15) is 15.6 Å². The third-order valence-corrected chi connectivity index (χ3v) is 9.70.